The smallest absolute Gasteiger partial charge is 0.304 e. The lowest BCUT2D eigenvalue weighted by Gasteiger charge is -2.19. The third-order valence-corrected chi connectivity index (χ3v) is 3.77. The van der Waals surface area contributed by atoms with Crippen LogP contribution < -0.4 is 5.32 Å². The van der Waals surface area contributed by atoms with Crippen LogP contribution in [0.5, 0.6) is 0 Å². The standard InChI is InChI=1S/C18H22N2O3.ClH/c1-13(19-17(21)12-20(2)10-9-18(22)23)15-8-7-14-5-3-4-6-16(14)11-15;/h3-8,11,13H,9-10,12H2,1-2H3,(H,19,21)(H,22,23);1H. The van der Waals surface area contributed by atoms with E-state index in [0.717, 1.165) is 10.9 Å². The third kappa shape index (κ3) is 5.83. The molecule has 0 spiro atoms. The van der Waals surface area contributed by atoms with E-state index < -0.39 is 5.97 Å². The molecule has 2 aromatic rings. The molecule has 1 amide bonds. The van der Waals surface area contributed by atoms with Crippen LogP contribution in [0.25, 0.3) is 10.8 Å². The number of halogens is 1. The minimum absolute atomic E-state index is 0. The van der Waals surface area contributed by atoms with Crippen LogP contribution >= 0.6 is 12.4 Å². The molecule has 24 heavy (non-hydrogen) atoms. The average Bonchev–Trinajstić information content (AvgIpc) is 2.52. The lowest BCUT2D eigenvalue weighted by atomic mass is 10.0. The van der Waals surface area contributed by atoms with Crippen LogP contribution in [0.4, 0.5) is 0 Å². The predicted octanol–water partition coefficient (Wildman–Crippen LogP) is 2.85. The molecule has 2 rings (SSSR count). The number of nitrogens with one attached hydrogen (secondary N) is 1. The summed E-state index contributed by atoms with van der Waals surface area (Å²) in [6.45, 7) is 2.48. The van der Waals surface area contributed by atoms with E-state index in [-0.39, 0.29) is 37.3 Å². The molecule has 0 bridgehead atoms. The number of carboxylic acids is 1. The molecule has 0 aliphatic heterocycles. The first-order valence-corrected chi connectivity index (χ1v) is 7.64. The van der Waals surface area contributed by atoms with E-state index in [4.69, 9.17) is 5.11 Å². The highest BCUT2D eigenvalue weighted by atomic mass is 35.5. The number of benzene rings is 2. The summed E-state index contributed by atoms with van der Waals surface area (Å²) in [5, 5.41) is 13.9. The van der Waals surface area contributed by atoms with Gasteiger partial charge in [0.2, 0.25) is 5.91 Å². The van der Waals surface area contributed by atoms with Crippen molar-refractivity contribution in [2.75, 3.05) is 20.1 Å². The van der Waals surface area contributed by atoms with Crippen molar-refractivity contribution in [3.63, 3.8) is 0 Å². The van der Waals surface area contributed by atoms with Gasteiger partial charge in [0.25, 0.3) is 0 Å². The van der Waals surface area contributed by atoms with Gasteiger partial charge in [0.05, 0.1) is 19.0 Å². The number of hydrogen-bond donors (Lipinski definition) is 2. The van der Waals surface area contributed by atoms with Gasteiger partial charge in [0, 0.05) is 6.54 Å². The number of nitrogens with zero attached hydrogens (tertiary/aromatic N) is 1. The van der Waals surface area contributed by atoms with Gasteiger partial charge in [-0.1, -0.05) is 36.4 Å². The fourth-order valence-electron chi connectivity index (χ4n) is 2.46. The number of fused-ring (bicyclic) bond motifs is 1. The molecule has 0 radical (unpaired) electrons. The quantitative estimate of drug-likeness (QED) is 0.805. The van der Waals surface area contributed by atoms with E-state index in [1.807, 2.05) is 37.3 Å². The molecule has 0 fully saturated rings. The Morgan fingerprint density at radius 2 is 1.83 bits per heavy atom. The van der Waals surface area contributed by atoms with Crippen LogP contribution in [0.2, 0.25) is 0 Å². The zero-order chi connectivity index (χ0) is 16.8. The van der Waals surface area contributed by atoms with E-state index in [0.29, 0.717) is 6.54 Å². The molecule has 0 aromatic heterocycles. The largest absolute Gasteiger partial charge is 0.481 e. The Labute approximate surface area is 148 Å². The molecular formula is C18H23ClN2O3. The molecule has 0 saturated heterocycles. The summed E-state index contributed by atoms with van der Waals surface area (Å²) < 4.78 is 0. The molecule has 2 aromatic carbocycles. The van der Waals surface area contributed by atoms with Crippen molar-refractivity contribution in [3.05, 3.63) is 48.0 Å². The highest BCUT2D eigenvalue weighted by Gasteiger charge is 2.12. The minimum atomic E-state index is -0.859. The second-order valence-corrected chi connectivity index (χ2v) is 5.78. The van der Waals surface area contributed by atoms with Crippen molar-refractivity contribution in [1.82, 2.24) is 10.2 Å². The van der Waals surface area contributed by atoms with E-state index in [1.165, 1.54) is 5.39 Å². The van der Waals surface area contributed by atoms with Gasteiger partial charge in [-0.15, -0.1) is 12.4 Å². The first-order valence-electron chi connectivity index (χ1n) is 7.64. The van der Waals surface area contributed by atoms with Crippen molar-refractivity contribution in [2.24, 2.45) is 0 Å². The maximum absolute atomic E-state index is 12.0. The minimum Gasteiger partial charge on any atom is -0.481 e. The van der Waals surface area contributed by atoms with Gasteiger partial charge in [-0.2, -0.15) is 0 Å². The number of hydrogen-bond acceptors (Lipinski definition) is 3. The number of rotatable bonds is 7. The summed E-state index contributed by atoms with van der Waals surface area (Å²) in [7, 11) is 1.74. The van der Waals surface area contributed by atoms with Crippen LogP contribution in [0, 0.1) is 0 Å². The molecular weight excluding hydrogens is 328 g/mol. The molecule has 130 valence electrons. The van der Waals surface area contributed by atoms with Crippen molar-refractivity contribution in [1.29, 1.82) is 0 Å². The number of carbonyl (C=O) groups excluding carboxylic acids is 1. The van der Waals surface area contributed by atoms with Crippen LogP contribution in [0.3, 0.4) is 0 Å². The molecule has 1 unspecified atom stereocenters. The van der Waals surface area contributed by atoms with Crippen LogP contribution in [0.1, 0.15) is 24.9 Å². The van der Waals surface area contributed by atoms with E-state index >= 15 is 0 Å². The number of carboxylic acid groups (broad SMARTS) is 1. The van der Waals surface area contributed by atoms with Gasteiger partial charge in [-0.3, -0.25) is 14.5 Å². The van der Waals surface area contributed by atoms with E-state index in [2.05, 4.69) is 17.4 Å². The fraction of sp³-hybridized carbons (Fsp3) is 0.333. The summed E-state index contributed by atoms with van der Waals surface area (Å²) in [6.07, 6.45) is 0.0318. The van der Waals surface area contributed by atoms with E-state index in [9.17, 15) is 9.59 Å². The Morgan fingerprint density at radius 3 is 2.50 bits per heavy atom. The first kappa shape index (κ1) is 19.9. The summed E-state index contributed by atoms with van der Waals surface area (Å²) in [6, 6.07) is 14.1. The number of carbonyl (C=O) groups is 2. The summed E-state index contributed by atoms with van der Waals surface area (Å²) >= 11 is 0. The monoisotopic (exact) mass is 350 g/mol. The highest BCUT2D eigenvalue weighted by Crippen LogP contribution is 2.20. The Morgan fingerprint density at radius 1 is 1.17 bits per heavy atom. The first-order chi connectivity index (χ1) is 11.0. The summed E-state index contributed by atoms with van der Waals surface area (Å²) in [5.41, 5.74) is 1.05. The lowest BCUT2D eigenvalue weighted by Crippen LogP contribution is -2.37. The van der Waals surface area contributed by atoms with Gasteiger partial charge in [0.1, 0.15) is 0 Å². The van der Waals surface area contributed by atoms with Gasteiger partial charge < -0.3 is 10.4 Å². The Bertz CT molecular complexity index is 705. The lowest BCUT2D eigenvalue weighted by molar-refractivity contribution is -0.137. The van der Waals surface area contributed by atoms with Gasteiger partial charge in [-0.05, 0) is 36.4 Å². The Balaban J connectivity index is 0.00000288. The zero-order valence-electron chi connectivity index (χ0n) is 13.9. The Kier molecular flexibility index (Phi) is 7.68. The normalized spacial score (nSPS) is 11.8. The van der Waals surface area contributed by atoms with Crippen molar-refractivity contribution in [2.45, 2.75) is 19.4 Å². The predicted molar refractivity (Wildman–Crippen MR) is 97.5 cm³/mol. The fourth-order valence-corrected chi connectivity index (χ4v) is 2.46. The second-order valence-electron chi connectivity index (χ2n) is 5.78. The van der Waals surface area contributed by atoms with Crippen LogP contribution in [-0.4, -0.2) is 42.0 Å². The summed E-state index contributed by atoms with van der Waals surface area (Å²) in [5.74, 6) is -0.972. The zero-order valence-corrected chi connectivity index (χ0v) is 14.7. The molecule has 6 heteroatoms. The number of likely N-dealkylation sites (N-methyl/N-ethyl adjacent to an activating group) is 1. The third-order valence-electron chi connectivity index (χ3n) is 3.77. The van der Waals surface area contributed by atoms with Crippen LogP contribution in [0.15, 0.2) is 42.5 Å². The van der Waals surface area contributed by atoms with Crippen molar-refractivity contribution < 1.29 is 14.7 Å². The molecule has 0 aliphatic rings. The molecule has 5 nitrogen and oxygen atoms in total. The Hall–Kier alpha value is -2.11. The van der Waals surface area contributed by atoms with Crippen LogP contribution in [-0.2, 0) is 9.59 Å². The van der Waals surface area contributed by atoms with E-state index in [1.54, 1.807) is 11.9 Å². The molecule has 2 N–H and O–H groups in total. The maximum Gasteiger partial charge on any atom is 0.304 e. The molecule has 0 heterocycles. The molecule has 1 atom stereocenters. The van der Waals surface area contributed by atoms with Gasteiger partial charge >= 0.3 is 5.97 Å². The topological polar surface area (TPSA) is 69.6 Å². The maximum atomic E-state index is 12.0. The number of amides is 1. The number of aliphatic carboxylic acids is 1. The van der Waals surface area contributed by atoms with Gasteiger partial charge in [0.15, 0.2) is 0 Å². The molecule has 0 saturated carbocycles. The average molecular weight is 351 g/mol. The summed E-state index contributed by atoms with van der Waals surface area (Å²) in [4.78, 5) is 24.3. The van der Waals surface area contributed by atoms with Gasteiger partial charge in [-0.25, -0.2) is 0 Å². The molecule has 0 aliphatic carbocycles. The van der Waals surface area contributed by atoms with Crippen molar-refractivity contribution >= 4 is 35.1 Å². The SMILES string of the molecule is CC(NC(=O)CN(C)CCC(=O)O)c1ccc2ccccc2c1.Cl. The van der Waals surface area contributed by atoms with Crippen molar-refractivity contribution in [3.8, 4) is 0 Å². The second kappa shape index (κ2) is 9.25. The highest BCUT2D eigenvalue weighted by molar-refractivity contribution is 5.85.